The third-order valence-corrected chi connectivity index (χ3v) is 4.41. The molecule has 2 fully saturated rings. The van der Waals surface area contributed by atoms with Crippen LogP contribution in [-0.2, 0) is 4.74 Å². The number of nitrogens with two attached hydrogens (primary N) is 1. The van der Waals surface area contributed by atoms with E-state index in [-0.39, 0.29) is 0 Å². The Balaban J connectivity index is 2.01. The number of rotatable bonds is 3. The molecule has 15 heavy (non-hydrogen) atoms. The van der Waals surface area contributed by atoms with Crippen LogP contribution in [0.25, 0.3) is 0 Å². The van der Waals surface area contributed by atoms with Crippen molar-refractivity contribution in [2.24, 2.45) is 11.1 Å². The lowest BCUT2D eigenvalue weighted by molar-refractivity contribution is -0.107. The van der Waals surface area contributed by atoms with Gasteiger partial charge in [0.1, 0.15) is 0 Å². The first kappa shape index (κ1) is 11.4. The number of hydrogen-bond donors (Lipinski definition) is 1. The van der Waals surface area contributed by atoms with Gasteiger partial charge in [-0.25, -0.2) is 0 Å². The molecule has 2 aliphatic rings. The first-order valence-electron chi connectivity index (χ1n) is 6.24. The predicted molar refractivity (Wildman–Crippen MR) is 61.8 cm³/mol. The molecule has 0 aromatic rings. The van der Waals surface area contributed by atoms with Crippen LogP contribution < -0.4 is 5.73 Å². The van der Waals surface area contributed by atoms with Crippen molar-refractivity contribution < 1.29 is 4.74 Å². The fraction of sp³-hybridized carbons (Fsp3) is 1.00. The smallest absolute Gasteiger partial charge is 0.0472 e. The highest BCUT2D eigenvalue weighted by molar-refractivity contribution is 5.10. The highest BCUT2D eigenvalue weighted by atomic mass is 16.5. The van der Waals surface area contributed by atoms with Crippen molar-refractivity contribution in [2.75, 3.05) is 26.8 Å². The van der Waals surface area contributed by atoms with E-state index >= 15 is 0 Å². The summed E-state index contributed by atoms with van der Waals surface area (Å²) in [6.07, 6.45) is 4.73. The van der Waals surface area contributed by atoms with Gasteiger partial charge < -0.3 is 15.4 Å². The van der Waals surface area contributed by atoms with Gasteiger partial charge in [0.05, 0.1) is 0 Å². The Morgan fingerprint density at radius 2 is 2.07 bits per heavy atom. The Morgan fingerprint density at radius 1 is 1.40 bits per heavy atom. The Labute approximate surface area is 93.0 Å². The van der Waals surface area contributed by atoms with Gasteiger partial charge in [0.2, 0.25) is 0 Å². The lowest BCUT2D eigenvalue weighted by Crippen LogP contribution is -2.68. The summed E-state index contributed by atoms with van der Waals surface area (Å²) in [4.78, 5) is 2.51. The molecular weight excluding hydrogens is 188 g/mol. The summed E-state index contributed by atoms with van der Waals surface area (Å²) in [5, 5.41) is 0. The van der Waals surface area contributed by atoms with Crippen molar-refractivity contribution in [3.05, 3.63) is 0 Å². The molecule has 0 aromatic carbocycles. The molecule has 0 amide bonds. The molecular formula is C12H24N2O. The third-order valence-electron chi connectivity index (χ3n) is 4.41. The van der Waals surface area contributed by atoms with Gasteiger partial charge >= 0.3 is 0 Å². The highest BCUT2D eigenvalue weighted by Gasteiger charge is 2.54. The third kappa shape index (κ3) is 1.81. The summed E-state index contributed by atoms with van der Waals surface area (Å²) < 4.78 is 5.46. The Kier molecular flexibility index (Phi) is 3.33. The summed E-state index contributed by atoms with van der Waals surface area (Å²) >= 11 is 0. The van der Waals surface area contributed by atoms with Gasteiger partial charge in [-0.05, 0) is 39.3 Å². The second-order valence-corrected chi connectivity index (χ2v) is 5.18. The molecule has 88 valence electrons. The SMILES string of the molecule is CCCN(C)C1CC(N)C12CCOCC2. The normalized spacial score (nSPS) is 34.4. The topological polar surface area (TPSA) is 38.5 Å². The Bertz CT molecular complexity index is 214. The molecule has 2 rings (SSSR count). The summed E-state index contributed by atoms with van der Waals surface area (Å²) in [7, 11) is 2.25. The minimum absolute atomic E-state index is 0.377. The largest absolute Gasteiger partial charge is 0.381 e. The average Bonchev–Trinajstić information content (AvgIpc) is 2.27. The molecule has 2 unspecified atom stereocenters. The van der Waals surface area contributed by atoms with E-state index in [0.717, 1.165) is 26.1 Å². The maximum atomic E-state index is 6.23. The molecule has 0 bridgehead atoms. The van der Waals surface area contributed by atoms with Crippen molar-refractivity contribution in [3.8, 4) is 0 Å². The number of nitrogens with zero attached hydrogens (tertiary/aromatic N) is 1. The van der Waals surface area contributed by atoms with E-state index in [4.69, 9.17) is 10.5 Å². The molecule has 1 heterocycles. The van der Waals surface area contributed by atoms with E-state index in [1.165, 1.54) is 19.4 Å². The van der Waals surface area contributed by atoms with Crippen LogP contribution >= 0.6 is 0 Å². The second-order valence-electron chi connectivity index (χ2n) is 5.18. The molecule has 0 radical (unpaired) electrons. The van der Waals surface area contributed by atoms with Crippen LogP contribution in [0.1, 0.15) is 32.6 Å². The van der Waals surface area contributed by atoms with Crippen LogP contribution in [0.5, 0.6) is 0 Å². The van der Waals surface area contributed by atoms with Crippen molar-refractivity contribution in [1.29, 1.82) is 0 Å². The van der Waals surface area contributed by atoms with Gasteiger partial charge in [-0.15, -0.1) is 0 Å². The van der Waals surface area contributed by atoms with E-state index in [2.05, 4.69) is 18.9 Å². The monoisotopic (exact) mass is 212 g/mol. The van der Waals surface area contributed by atoms with E-state index in [1.54, 1.807) is 0 Å². The second kappa shape index (κ2) is 4.40. The first-order chi connectivity index (χ1) is 7.20. The van der Waals surface area contributed by atoms with Crippen LogP contribution in [0, 0.1) is 5.41 Å². The molecule has 1 spiro atoms. The Morgan fingerprint density at radius 3 is 2.60 bits per heavy atom. The van der Waals surface area contributed by atoms with Gasteiger partial charge in [-0.3, -0.25) is 0 Å². The van der Waals surface area contributed by atoms with Gasteiger partial charge in [-0.2, -0.15) is 0 Å². The molecule has 1 aliphatic heterocycles. The zero-order chi connectivity index (χ0) is 10.9. The maximum absolute atomic E-state index is 6.23. The summed E-state index contributed by atoms with van der Waals surface area (Å²) in [5.74, 6) is 0. The summed E-state index contributed by atoms with van der Waals surface area (Å²) in [5.41, 5.74) is 6.61. The van der Waals surface area contributed by atoms with Crippen molar-refractivity contribution >= 4 is 0 Å². The molecule has 1 aliphatic carbocycles. The number of hydrogen-bond acceptors (Lipinski definition) is 3. The first-order valence-corrected chi connectivity index (χ1v) is 6.24. The molecule has 3 heteroatoms. The molecule has 1 saturated heterocycles. The summed E-state index contributed by atoms with van der Waals surface area (Å²) in [6.45, 7) is 5.25. The van der Waals surface area contributed by atoms with Crippen molar-refractivity contribution in [2.45, 2.75) is 44.7 Å². The minimum Gasteiger partial charge on any atom is -0.381 e. The number of ether oxygens (including phenoxy) is 1. The quantitative estimate of drug-likeness (QED) is 0.764. The van der Waals surface area contributed by atoms with Crippen LogP contribution in [0.3, 0.4) is 0 Å². The van der Waals surface area contributed by atoms with Crippen LogP contribution in [0.2, 0.25) is 0 Å². The lowest BCUT2D eigenvalue weighted by Gasteiger charge is -2.59. The zero-order valence-electron chi connectivity index (χ0n) is 10.0. The van der Waals surface area contributed by atoms with E-state index in [9.17, 15) is 0 Å². The maximum Gasteiger partial charge on any atom is 0.0472 e. The lowest BCUT2D eigenvalue weighted by atomic mass is 9.56. The van der Waals surface area contributed by atoms with Gasteiger partial charge in [0, 0.05) is 30.7 Å². The predicted octanol–water partition coefficient (Wildman–Crippen LogP) is 1.22. The van der Waals surface area contributed by atoms with E-state index in [0.29, 0.717) is 17.5 Å². The van der Waals surface area contributed by atoms with Crippen molar-refractivity contribution in [1.82, 2.24) is 4.90 Å². The molecule has 2 N–H and O–H groups in total. The average molecular weight is 212 g/mol. The van der Waals surface area contributed by atoms with Crippen LogP contribution in [0.15, 0.2) is 0 Å². The molecule has 0 aromatic heterocycles. The van der Waals surface area contributed by atoms with Gasteiger partial charge in [0.15, 0.2) is 0 Å². The fourth-order valence-corrected chi connectivity index (χ4v) is 3.38. The summed E-state index contributed by atoms with van der Waals surface area (Å²) in [6, 6.07) is 1.11. The van der Waals surface area contributed by atoms with Gasteiger partial charge in [0.25, 0.3) is 0 Å². The zero-order valence-corrected chi connectivity index (χ0v) is 10.0. The fourth-order valence-electron chi connectivity index (χ4n) is 3.38. The van der Waals surface area contributed by atoms with Crippen LogP contribution in [0.4, 0.5) is 0 Å². The minimum atomic E-state index is 0.377. The molecule has 3 nitrogen and oxygen atoms in total. The van der Waals surface area contributed by atoms with Crippen molar-refractivity contribution in [3.63, 3.8) is 0 Å². The Hall–Kier alpha value is -0.120. The van der Waals surface area contributed by atoms with Gasteiger partial charge in [-0.1, -0.05) is 6.92 Å². The molecule has 1 saturated carbocycles. The van der Waals surface area contributed by atoms with E-state index < -0.39 is 0 Å². The van der Waals surface area contributed by atoms with E-state index in [1.807, 2.05) is 0 Å². The highest BCUT2D eigenvalue weighted by Crippen LogP contribution is 2.50. The van der Waals surface area contributed by atoms with Crippen LogP contribution in [-0.4, -0.2) is 43.8 Å². The standard InChI is InChI=1S/C12H24N2O/c1-3-6-14(2)11-9-10(13)12(11)4-7-15-8-5-12/h10-11H,3-9,13H2,1-2H3. The molecule has 2 atom stereocenters.